The Morgan fingerprint density at radius 2 is 1.73 bits per heavy atom. The van der Waals surface area contributed by atoms with E-state index in [4.69, 9.17) is 0 Å². The molecule has 3 rings (SSSR count). The van der Waals surface area contributed by atoms with Crippen LogP contribution < -0.4 is 0 Å². The highest BCUT2D eigenvalue weighted by atomic mass is 32.2. The van der Waals surface area contributed by atoms with Crippen molar-refractivity contribution in [2.45, 2.75) is 47.4 Å². The monoisotopic (exact) mass is 386 g/mol. The Morgan fingerprint density at radius 1 is 1.08 bits per heavy atom. The molecule has 1 aromatic heterocycles. The molecule has 136 valence electrons. The first-order chi connectivity index (χ1) is 12.4. The molecule has 0 amide bonds. The Bertz CT molecular complexity index is 978. The van der Waals surface area contributed by atoms with Crippen LogP contribution in [0.1, 0.15) is 25.8 Å². The van der Waals surface area contributed by atoms with Crippen LogP contribution in [0.3, 0.4) is 0 Å². The van der Waals surface area contributed by atoms with E-state index in [1.54, 1.807) is 30.3 Å². The van der Waals surface area contributed by atoms with Crippen molar-refractivity contribution >= 4 is 21.6 Å². The van der Waals surface area contributed by atoms with Gasteiger partial charge >= 0.3 is 0 Å². The molecule has 1 atom stereocenters. The Hall–Kier alpha value is -2.05. The topological polar surface area (TPSA) is 62.8 Å². The van der Waals surface area contributed by atoms with Crippen LogP contribution in [-0.4, -0.2) is 23.6 Å². The van der Waals surface area contributed by atoms with Gasteiger partial charge in [-0.3, -0.25) is 0 Å². The van der Waals surface area contributed by atoms with E-state index < -0.39 is 9.84 Å². The van der Waals surface area contributed by atoms with E-state index in [0.717, 1.165) is 17.5 Å². The standard InChI is InChI=1S/C20H22N2O2S2/c1-4-15(3)25-19-20(26(23,24)17-8-6-5-7-9-17)22-18(21-19)16-12-10-14(2)11-13-16/h5-13,15H,4H2,1-3H3,(H,21,22)/t15-/m0/s1. The Labute approximate surface area is 159 Å². The van der Waals surface area contributed by atoms with Crippen molar-refractivity contribution < 1.29 is 8.42 Å². The third kappa shape index (κ3) is 3.86. The van der Waals surface area contributed by atoms with Crippen LogP contribution >= 0.6 is 11.8 Å². The predicted octanol–water partition coefficient (Wildman–Crippen LogP) is 5.11. The molecule has 0 saturated carbocycles. The SMILES string of the molecule is CC[C@H](C)Sc1nc(-c2ccc(C)cc2)[nH]c1S(=O)(=O)c1ccccc1. The molecule has 0 saturated heterocycles. The summed E-state index contributed by atoms with van der Waals surface area (Å²) in [4.78, 5) is 7.95. The number of hydrogen-bond acceptors (Lipinski definition) is 4. The number of benzene rings is 2. The predicted molar refractivity (Wildman–Crippen MR) is 106 cm³/mol. The molecular formula is C20H22N2O2S2. The number of nitrogens with zero attached hydrogens (tertiary/aromatic N) is 1. The molecule has 0 aliphatic heterocycles. The van der Waals surface area contributed by atoms with Crippen molar-refractivity contribution in [3.05, 3.63) is 60.2 Å². The summed E-state index contributed by atoms with van der Waals surface area (Å²) in [6.45, 7) is 6.17. The summed E-state index contributed by atoms with van der Waals surface area (Å²) in [6, 6.07) is 16.4. The second-order valence-electron chi connectivity index (χ2n) is 6.24. The maximum atomic E-state index is 13.1. The molecule has 3 aromatic rings. The van der Waals surface area contributed by atoms with Gasteiger partial charge < -0.3 is 4.98 Å². The van der Waals surface area contributed by atoms with Crippen molar-refractivity contribution in [3.63, 3.8) is 0 Å². The summed E-state index contributed by atoms with van der Waals surface area (Å²) in [7, 11) is -3.66. The number of nitrogens with one attached hydrogen (secondary N) is 1. The second kappa shape index (κ2) is 7.68. The number of H-pyrrole nitrogens is 1. The average Bonchev–Trinajstić information content (AvgIpc) is 3.07. The highest BCUT2D eigenvalue weighted by molar-refractivity contribution is 8.00. The summed E-state index contributed by atoms with van der Waals surface area (Å²) in [6.07, 6.45) is 0.933. The molecule has 26 heavy (non-hydrogen) atoms. The van der Waals surface area contributed by atoms with Crippen LogP contribution in [0.5, 0.6) is 0 Å². The first kappa shape index (κ1) is 18.7. The van der Waals surface area contributed by atoms with Gasteiger partial charge in [0.15, 0.2) is 5.03 Å². The van der Waals surface area contributed by atoms with E-state index in [1.807, 2.05) is 31.2 Å². The molecular weight excluding hydrogens is 364 g/mol. The van der Waals surface area contributed by atoms with Gasteiger partial charge in [0.1, 0.15) is 10.9 Å². The van der Waals surface area contributed by atoms with Crippen LogP contribution in [-0.2, 0) is 9.84 Å². The molecule has 4 nitrogen and oxygen atoms in total. The normalized spacial score (nSPS) is 12.9. The van der Waals surface area contributed by atoms with Crippen molar-refractivity contribution in [1.29, 1.82) is 0 Å². The van der Waals surface area contributed by atoms with E-state index in [-0.39, 0.29) is 15.2 Å². The molecule has 1 N–H and O–H groups in total. The van der Waals surface area contributed by atoms with Gasteiger partial charge in [-0.1, -0.05) is 61.9 Å². The van der Waals surface area contributed by atoms with Crippen LogP contribution in [0.2, 0.25) is 0 Å². The highest BCUT2D eigenvalue weighted by Crippen LogP contribution is 2.34. The fourth-order valence-electron chi connectivity index (χ4n) is 2.44. The molecule has 0 unspecified atom stereocenters. The molecule has 0 aliphatic carbocycles. The van der Waals surface area contributed by atoms with Gasteiger partial charge in [-0.25, -0.2) is 13.4 Å². The first-order valence-corrected chi connectivity index (χ1v) is 10.9. The highest BCUT2D eigenvalue weighted by Gasteiger charge is 2.27. The first-order valence-electron chi connectivity index (χ1n) is 8.55. The number of aromatic nitrogens is 2. The number of aryl methyl sites for hydroxylation is 1. The maximum absolute atomic E-state index is 13.1. The van der Waals surface area contributed by atoms with Gasteiger partial charge in [0.25, 0.3) is 0 Å². The van der Waals surface area contributed by atoms with Crippen molar-refractivity contribution in [2.75, 3.05) is 0 Å². The van der Waals surface area contributed by atoms with E-state index in [0.29, 0.717) is 10.9 Å². The second-order valence-corrected chi connectivity index (χ2v) is 9.55. The number of hydrogen-bond donors (Lipinski definition) is 1. The van der Waals surface area contributed by atoms with Gasteiger partial charge in [-0.05, 0) is 25.5 Å². The third-order valence-electron chi connectivity index (χ3n) is 4.17. The lowest BCUT2D eigenvalue weighted by molar-refractivity contribution is 0.590. The molecule has 0 radical (unpaired) electrons. The van der Waals surface area contributed by atoms with Crippen LogP contribution in [0.4, 0.5) is 0 Å². The average molecular weight is 387 g/mol. The molecule has 0 bridgehead atoms. The number of thioether (sulfide) groups is 1. The van der Waals surface area contributed by atoms with E-state index in [2.05, 4.69) is 23.8 Å². The fraction of sp³-hybridized carbons (Fsp3) is 0.250. The van der Waals surface area contributed by atoms with Gasteiger partial charge in [-0.2, -0.15) is 0 Å². The number of rotatable bonds is 6. The third-order valence-corrected chi connectivity index (χ3v) is 7.28. The quantitative estimate of drug-likeness (QED) is 0.598. The molecule has 0 fully saturated rings. The fourth-order valence-corrected chi connectivity index (χ4v) is 5.02. The zero-order valence-electron chi connectivity index (χ0n) is 15.1. The Kier molecular flexibility index (Phi) is 5.53. The minimum absolute atomic E-state index is 0.171. The van der Waals surface area contributed by atoms with Crippen LogP contribution in [0.15, 0.2) is 69.5 Å². The lowest BCUT2D eigenvalue weighted by atomic mass is 10.1. The minimum atomic E-state index is -3.66. The van der Waals surface area contributed by atoms with E-state index in [1.165, 1.54) is 11.8 Å². The summed E-state index contributed by atoms with van der Waals surface area (Å²) in [5, 5.41) is 0.970. The molecule has 6 heteroatoms. The maximum Gasteiger partial charge on any atom is 0.224 e. The number of aromatic amines is 1. The lowest BCUT2D eigenvalue weighted by Crippen LogP contribution is -2.05. The molecule has 0 spiro atoms. The lowest BCUT2D eigenvalue weighted by Gasteiger charge is -2.08. The van der Waals surface area contributed by atoms with Gasteiger partial charge in [0, 0.05) is 10.8 Å². The zero-order chi connectivity index (χ0) is 18.7. The minimum Gasteiger partial charge on any atom is -0.328 e. The van der Waals surface area contributed by atoms with Gasteiger partial charge in [0.2, 0.25) is 9.84 Å². The van der Waals surface area contributed by atoms with Crippen LogP contribution in [0, 0.1) is 6.92 Å². The Morgan fingerprint density at radius 3 is 2.35 bits per heavy atom. The smallest absolute Gasteiger partial charge is 0.224 e. The number of sulfone groups is 1. The van der Waals surface area contributed by atoms with Crippen molar-refractivity contribution in [2.24, 2.45) is 0 Å². The number of imidazole rings is 1. The van der Waals surface area contributed by atoms with E-state index in [9.17, 15) is 8.42 Å². The molecule has 2 aromatic carbocycles. The van der Waals surface area contributed by atoms with Crippen molar-refractivity contribution in [1.82, 2.24) is 9.97 Å². The van der Waals surface area contributed by atoms with Gasteiger partial charge in [0.05, 0.1) is 4.90 Å². The van der Waals surface area contributed by atoms with Gasteiger partial charge in [-0.15, -0.1) is 11.8 Å². The van der Waals surface area contributed by atoms with Crippen LogP contribution in [0.25, 0.3) is 11.4 Å². The van der Waals surface area contributed by atoms with Crippen molar-refractivity contribution in [3.8, 4) is 11.4 Å². The molecule has 1 heterocycles. The summed E-state index contributed by atoms with van der Waals surface area (Å²) < 4.78 is 26.3. The Balaban J connectivity index is 2.12. The summed E-state index contributed by atoms with van der Waals surface area (Å²) >= 11 is 1.49. The summed E-state index contributed by atoms with van der Waals surface area (Å²) in [5.74, 6) is 0.574. The van der Waals surface area contributed by atoms with E-state index >= 15 is 0 Å². The largest absolute Gasteiger partial charge is 0.328 e. The zero-order valence-corrected chi connectivity index (χ0v) is 16.7. The molecule has 0 aliphatic rings. The summed E-state index contributed by atoms with van der Waals surface area (Å²) in [5.41, 5.74) is 2.02.